The number of hydrazine groups is 1. The largest absolute Gasteiger partial charge is 0.349 e. The minimum Gasteiger partial charge on any atom is -0.349 e. The quantitative estimate of drug-likeness (QED) is 0.796. The van der Waals surface area contributed by atoms with Crippen LogP contribution in [0.5, 0.6) is 0 Å². The zero-order valence-corrected chi connectivity index (χ0v) is 13.7. The first-order valence-corrected chi connectivity index (χ1v) is 9.16. The van der Waals surface area contributed by atoms with Crippen LogP contribution in [0.2, 0.25) is 0 Å². The number of piperidine rings is 1. The Labute approximate surface area is 127 Å². The van der Waals surface area contributed by atoms with Gasteiger partial charge in [0.1, 0.15) is 4.90 Å². The molecule has 0 radical (unpaired) electrons. The number of aromatic nitrogens is 1. The molecule has 2 rings (SSSR count). The van der Waals surface area contributed by atoms with Crippen molar-refractivity contribution in [3.63, 3.8) is 0 Å². The Morgan fingerprint density at radius 1 is 1.24 bits per heavy atom. The molecule has 0 bridgehead atoms. The second-order valence-corrected chi connectivity index (χ2v) is 7.19. The minimum atomic E-state index is -3.47. The first kappa shape index (κ1) is 16.5. The Bertz CT molecular complexity index is 524. The molecular formula is C14H26N4O2S. The first-order valence-electron chi connectivity index (χ1n) is 7.68. The zero-order chi connectivity index (χ0) is 15.3. The molecule has 0 unspecified atom stereocenters. The summed E-state index contributed by atoms with van der Waals surface area (Å²) >= 11 is 0. The molecule has 1 saturated heterocycles. The van der Waals surface area contributed by atoms with E-state index in [9.17, 15) is 8.42 Å². The molecule has 120 valence electrons. The van der Waals surface area contributed by atoms with Crippen LogP contribution in [0.4, 0.5) is 0 Å². The van der Waals surface area contributed by atoms with Gasteiger partial charge in [-0.2, -0.15) is 0 Å². The average molecular weight is 314 g/mol. The summed E-state index contributed by atoms with van der Waals surface area (Å²) in [5, 5.41) is 4.90. The molecule has 6 nitrogen and oxygen atoms in total. The highest BCUT2D eigenvalue weighted by Gasteiger charge is 2.22. The highest BCUT2D eigenvalue weighted by molar-refractivity contribution is 7.89. The normalized spacial score (nSPS) is 17.2. The smallest absolute Gasteiger partial charge is 0.254 e. The van der Waals surface area contributed by atoms with Crippen molar-refractivity contribution in [3.8, 4) is 0 Å². The summed E-state index contributed by atoms with van der Waals surface area (Å²) in [4.78, 5) is 3.06. The lowest BCUT2D eigenvalue weighted by Gasteiger charge is -2.26. The summed E-state index contributed by atoms with van der Waals surface area (Å²) in [5.41, 5.74) is 0.998. The molecule has 1 aliphatic rings. The summed E-state index contributed by atoms with van der Waals surface area (Å²) in [7, 11) is -1.61. The molecule has 2 N–H and O–H groups in total. The van der Waals surface area contributed by atoms with Gasteiger partial charge in [0.15, 0.2) is 0 Å². The molecular weight excluding hydrogens is 288 g/mol. The topological polar surface area (TPSA) is 66.4 Å². The molecule has 0 aliphatic carbocycles. The second kappa shape index (κ2) is 7.40. The van der Waals surface area contributed by atoms with E-state index in [-0.39, 0.29) is 0 Å². The molecule has 1 aromatic rings. The molecule has 2 heterocycles. The number of nitrogens with zero attached hydrogens (tertiary/aromatic N) is 2. The Balaban J connectivity index is 2.16. The average Bonchev–Trinajstić information content (AvgIpc) is 2.85. The van der Waals surface area contributed by atoms with Crippen LogP contribution in [0, 0.1) is 0 Å². The standard InChI is InChI=1S/C14H26N4O2S/c1-3-7-17-12-14(10-13(17)11-15-2)21(19,20)16-18-8-5-4-6-9-18/h10,12,15-16H,3-9,11H2,1-2H3. The van der Waals surface area contributed by atoms with Crippen molar-refractivity contribution in [1.82, 2.24) is 19.7 Å². The van der Waals surface area contributed by atoms with Gasteiger partial charge in [-0.1, -0.05) is 13.3 Å². The number of hydrogen-bond acceptors (Lipinski definition) is 4. The highest BCUT2D eigenvalue weighted by Crippen LogP contribution is 2.16. The van der Waals surface area contributed by atoms with Crippen molar-refractivity contribution >= 4 is 10.0 Å². The van der Waals surface area contributed by atoms with Gasteiger partial charge in [-0.25, -0.2) is 13.4 Å². The lowest BCUT2D eigenvalue weighted by Crippen LogP contribution is -2.44. The highest BCUT2D eigenvalue weighted by atomic mass is 32.2. The van der Waals surface area contributed by atoms with Crippen molar-refractivity contribution in [3.05, 3.63) is 18.0 Å². The lowest BCUT2D eigenvalue weighted by molar-refractivity contribution is 0.200. The molecule has 1 aromatic heterocycles. The van der Waals surface area contributed by atoms with Gasteiger partial charge in [-0.3, -0.25) is 0 Å². The predicted molar refractivity (Wildman–Crippen MR) is 83.2 cm³/mol. The van der Waals surface area contributed by atoms with Gasteiger partial charge >= 0.3 is 0 Å². The van der Waals surface area contributed by atoms with E-state index in [4.69, 9.17) is 0 Å². The molecule has 0 amide bonds. The monoisotopic (exact) mass is 314 g/mol. The van der Waals surface area contributed by atoms with Gasteiger partial charge < -0.3 is 9.88 Å². The van der Waals surface area contributed by atoms with E-state index in [1.54, 1.807) is 12.3 Å². The van der Waals surface area contributed by atoms with Crippen LogP contribution in [-0.4, -0.2) is 38.1 Å². The van der Waals surface area contributed by atoms with Gasteiger partial charge in [0.25, 0.3) is 10.0 Å². The van der Waals surface area contributed by atoms with E-state index < -0.39 is 10.0 Å². The Kier molecular flexibility index (Phi) is 5.80. The Hall–Kier alpha value is -0.890. The number of aryl methyl sites for hydroxylation is 1. The third kappa shape index (κ3) is 4.29. The third-order valence-electron chi connectivity index (χ3n) is 3.70. The number of sulfonamides is 1. The molecule has 0 aromatic carbocycles. The van der Waals surface area contributed by atoms with Gasteiger partial charge in [-0.15, -0.1) is 4.83 Å². The molecule has 7 heteroatoms. The van der Waals surface area contributed by atoms with Crippen molar-refractivity contribution in [2.75, 3.05) is 20.1 Å². The maximum Gasteiger partial charge on any atom is 0.254 e. The van der Waals surface area contributed by atoms with Crippen LogP contribution in [0.15, 0.2) is 17.2 Å². The van der Waals surface area contributed by atoms with Gasteiger partial charge in [0, 0.05) is 38.1 Å². The van der Waals surface area contributed by atoms with Crippen molar-refractivity contribution < 1.29 is 8.42 Å². The first-order chi connectivity index (χ1) is 10.1. The fourth-order valence-corrected chi connectivity index (χ4v) is 3.84. The van der Waals surface area contributed by atoms with E-state index in [2.05, 4.69) is 17.1 Å². The summed E-state index contributed by atoms with van der Waals surface area (Å²) < 4.78 is 27.0. The molecule has 0 saturated carbocycles. The van der Waals surface area contributed by atoms with Crippen molar-refractivity contribution in [2.24, 2.45) is 0 Å². The molecule has 0 atom stereocenters. The minimum absolute atomic E-state index is 0.353. The van der Waals surface area contributed by atoms with Crippen LogP contribution in [-0.2, 0) is 23.1 Å². The van der Waals surface area contributed by atoms with E-state index in [1.807, 2.05) is 16.6 Å². The maximum atomic E-state index is 12.5. The van der Waals surface area contributed by atoms with E-state index in [0.29, 0.717) is 11.4 Å². The zero-order valence-electron chi connectivity index (χ0n) is 12.9. The number of rotatable bonds is 7. The van der Waals surface area contributed by atoms with Crippen LogP contribution >= 0.6 is 0 Å². The summed E-state index contributed by atoms with van der Waals surface area (Å²) in [5.74, 6) is 0. The van der Waals surface area contributed by atoms with E-state index in [0.717, 1.165) is 44.6 Å². The Morgan fingerprint density at radius 2 is 1.95 bits per heavy atom. The molecule has 1 aliphatic heterocycles. The fraction of sp³-hybridized carbons (Fsp3) is 0.714. The Morgan fingerprint density at radius 3 is 2.57 bits per heavy atom. The fourth-order valence-electron chi connectivity index (χ4n) is 2.66. The molecule has 21 heavy (non-hydrogen) atoms. The van der Waals surface area contributed by atoms with Gasteiger partial charge in [0.2, 0.25) is 0 Å². The summed E-state index contributed by atoms with van der Waals surface area (Å²) in [6, 6.07) is 1.76. The molecule has 1 fully saturated rings. The van der Waals surface area contributed by atoms with E-state index in [1.165, 1.54) is 6.42 Å². The van der Waals surface area contributed by atoms with Gasteiger partial charge in [-0.05, 0) is 32.4 Å². The maximum absolute atomic E-state index is 12.5. The van der Waals surface area contributed by atoms with Crippen molar-refractivity contribution in [2.45, 2.75) is 50.6 Å². The van der Waals surface area contributed by atoms with Crippen LogP contribution in [0.1, 0.15) is 38.3 Å². The van der Waals surface area contributed by atoms with Crippen LogP contribution < -0.4 is 10.1 Å². The number of nitrogens with one attached hydrogen (secondary N) is 2. The summed E-state index contributed by atoms with van der Waals surface area (Å²) in [6.07, 6.45) is 5.99. The van der Waals surface area contributed by atoms with Crippen molar-refractivity contribution in [1.29, 1.82) is 0 Å². The lowest BCUT2D eigenvalue weighted by atomic mass is 10.2. The predicted octanol–water partition coefficient (Wildman–Crippen LogP) is 1.30. The number of hydrogen-bond donors (Lipinski definition) is 2. The van der Waals surface area contributed by atoms with E-state index >= 15 is 0 Å². The molecule has 0 spiro atoms. The van der Waals surface area contributed by atoms with Crippen LogP contribution in [0.25, 0.3) is 0 Å². The summed E-state index contributed by atoms with van der Waals surface area (Å²) in [6.45, 7) is 5.16. The van der Waals surface area contributed by atoms with Crippen LogP contribution in [0.3, 0.4) is 0 Å². The SMILES string of the molecule is CCCn1cc(S(=O)(=O)NN2CCCCC2)cc1CNC. The third-order valence-corrected chi connectivity index (χ3v) is 5.04. The second-order valence-electron chi connectivity index (χ2n) is 5.53. The van der Waals surface area contributed by atoms with Gasteiger partial charge in [0.05, 0.1) is 0 Å².